The van der Waals surface area contributed by atoms with E-state index >= 15 is 0 Å². The van der Waals surface area contributed by atoms with Crippen LogP contribution in [0.2, 0.25) is 10.0 Å². The van der Waals surface area contributed by atoms with Crippen molar-refractivity contribution in [1.29, 1.82) is 0 Å². The fourth-order valence-corrected chi connectivity index (χ4v) is 3.21. The van der Waals surface area contributed by atoms with E-state index in [1.807, 2.05) is 0 Å². The second kappa shape index (κ2) is 8.39. The SMILES string of the molecule is O=C(CC(=O)NC1CCCCCC1)Nc1cc(Cl)cc(Cl)c1. The Morgan fingerprint density at radius 3 is 2.14 bits per heavy atom. The van der Waals surface area contributed by atoms with Crippen LogP contribution >= 0.6 is 23.2 Å². The summed E-state index contributed by atoms with van der Waals surface area (Å²) in [7, 11) is 0. The summed E-state index contributed by atoms with van der Waals surface area (Å²) >= 11 is 11.7. The Hall–Kier alpha value is -1.26. The summed E-state index contributed by atoms with van der Waals surface area (Å²) in [4.78, 5) is 23.8. The van der Waals surface area contributed by atoms with Crippen LogP contribution in [-0.2, 0) is 9.59 Å². The minimum atomic E-state index is -0.371. The summed E-state index contributed by atoms with van der Waals surface area (Å²) in [6.45, 7) is 0. The van der Waals surface area contributed by atoms with E-state index in [1.54, 1.807) is 18.2 Å². The molecule has 1 aromatic rings. The molecule has 0 bridgehead atoms. The second-order valence-corrected chi connectivity index (χ2v) is 6.51. The monoisotopic (exact) mass is 342 g/mol. The highest BCUT2D eigenvalue weighted by Crippen LogP contribution is 2.22. The molecule has 120 valence electrons. The van der Waals surface area contributed by atoms with E-state index in [4.69, 9.17) is 23.2 Å². The van der Waals surface area contributed by atoms with E-state index in [0.29, 0.717) is 15.7 Å². The maximum absolute atomic E-state index is 11.9. The van der Waals surface area contributed by atoms with Gasteiger partial charge in [-0.3, -0.25) is 9.59 Å². The number of benzene rings is 1. The molecule has 0 aromatic heterocycles. The zero-order chi connectivity index (χ0) is 15.9. The third-order valence-corrected chi connectivity index (χ3v) is 4.12. The normalized spacial score (nSPS) is 15.9. The van der Waals surface area contributed by atoms with Crippen molar-refractivity contribution in [3.63, 3.8) is 0 Å². The zero-order valence-electron chi connectivity index (χ0n) is 12.3. The highest BCUT2D eigenvalue weighted by molar-refractivity contribution is 6.35. The van der Waals surface area contributed by atoms with Crippen molar-refractivity contribution in [2.24, 2.45) is 0 Å². The number of carbonyl (C=O) groups excluding carboxylic acids is 2. The lowest BCUT2D eigenvalue weighted by Gasteiger charge is -2.16. The second-order valence-electron chi connectivity index (χ2n) is 5.64. The molecule has 0 spiro atoms. The van der Waals surface area contributed by atoms with Gasteiger partial charge in [-0.2, -0.15) is 0 Å². The Labute approximate surface area is 140 Å². The summed E-state index contributed by atoms with van der Waals surface area (Å²) in [5.74, 6) is -0.609. The van der Waals surface area contributed by atoms with E-state index in [9.17, 15) is 9.59 Å². The summed E-state index contributed by atoms with van der Waals surface area (Å²) < 4.78 is 0. The summed E-state index contributed by atoms with van der Waals surface area (Å²) in [6.07, 6.45) is 6.52. The molecule has 1 aromatic carbocycles. The molecule has 6 heteroatoms. The number of anilines is 1. The first-order valence-electron chi connectivity index (χ1n) is 7.58. The first-order chi connectivity index (χ1) is 10.5. The predicted octanol–water partition coefficient (Wildman–Crippen LogP) is 4.16. The summed E-state index contributed by atoms with van der Waals surface area (Å²) in [5, 5.41) is 6.45. The van der Waals surface area contributed by atoms with E-state index in [2.05, 4.69) is 10.6 Å². The lowest BCUT2D eigenvalue weighted by molar-refractivity contribution is -0.127. The first-order valence-corrected chi connectivity index (χ1v) is 8.34. The van der Waals surface area contributed by atoms with E-state index in [0.717, 1.165) is 25.7 Å². The topological polar surface area (TPSA) is 58.2 Å². The van der Waals surface area contributed by atoms with Crippen molar-refractivity contribution in [2.45, 2.75) is 51.0 Å². The third-order valence-electron chi connectivity index (χ3n) is 3.69. The summed E-state index contributed by atoms with van der Waals surface area (Å²) in [5.41, 5.74) is 0.491. The average molecular weight is 343 g/mol. The number of hydrogen-bond donors (Lipinski definition) is 2. The van der Waals surface area contributed by atoms with Gasteiger partial charge in [0.05, 0.1) is 0 Å². The van der Waals surface area contributed by atoms with Gasteiger partial charge in [-0.15, -0.1) is 0 Å². The van der Waals surface area contributed by atoms with Crippen molar-refractivity contribution < 1.29 is 9.59 Å². The molecule has 0 atom stereocenters. The molecule has 2 N–H and O–H groups in total. The molecule has 1 fully saturated rings. The molecule has 0 radical (unpaired) electrons. The zero-order valence-corrected chi connectivity index (χ0v) is 13.8. The van der Waals surface area contributed by atoms with Gasteiger partial charge < -0.3 is 10.6 Å². The van der Waals surface area contributed by atoms with Gasteiger partial charge in [0.15, 0.2) is 0 Å². The van der Waals surface area contributed by atoms with Crippen LogP contribution in [0.3, 0.4) is 0 Å². The molecule has 4 nitrogen and oxygen atoms in total. The standard InChI is InChI=1S/C16H20Cl2N2O2/c17-11-7-12(18)9-14(8-11)20-16(22)10-15(21)19-13-5-3-1-2-4-6-13/h7-9,13H,1-6,10H2,(H,19,21)(H,20,22). The van der Waals surface area contributed by atoms with Crippen LogP contribution in [0.25, 0.3) is 0 Å². The van der Waals surface area contributed by atoms with Gasteiger partial charge in [0.1, 0.15) is 6.42 Å². The van der Waals surface area contributed by atoms with Gasteiger partial charge >= 0.3 is 0 Å². The molecular formula is C16H20Cl2N2O2. The Morgan fingerprint density at radius 2 is 1.55 bits per heavy atom. The highest BCUT2D eigenvalue weighted by Gasteiger charge is 2.17. The molecule has 0 aliphatic heterocycles. The molecule has 2 rings (SSSR count). The summed E-state index contributed by atoms with van der Waals surface area (Å²) in [6, 6.07) is 4.96. The Kier molecular flexibility index (Phi) is 6.52. The van der Waals surface area contributed by atoms with Crippen molar-refractivity contribution >= 4 is 40.7 Å². The number of halogens is 2. The predicted molar refractivity (Wildman–Crippen MR) is 89.3 cm³/mol. The number of rotatable bonds is 4. The van der Waals surface area contributed by atoms with Gasteiger partial charge in [-0.25, -0.2) is 0 Å². The molecule has 0 unspecified atom stereocenters. The minimum Gasteiger partial charge on any atom is -0.353 e. The smallest absolute Gasteiger partial charge is 0.233 e. The van der Waals surface area contributed by atoms with Crippen molar-refractivity contribution in [1.82, 2.24) is 5.32 Å². The molecular weight excluding hydrogens is 323 g/mol. The third kappa shape index (κ3) is 5.85. The van der Waals surface area contributed by atoms with Gasteiger partial charge in [-0.05, 0) is 31.0 Å². The van der Waals surface area contributed by atoms with Gasteiger partial charge in [-0.1, -0.05) is 48.9 Å². The number of amides is 2. The first kappa shape index (κ1) is 17.1. The van der Waals surface area contributed by atoms with Crippen LogP contribution in [0.15, 0.2) is 18.2 Å². The van der Waals surface area contributed by atoms with Crippen LogP contribution in [0, 0.1) is 0 Å². The van der Waals surface area contributed by atoms with Crippen LogP contribution in [-0.4, -0.2) is 17.9 Å². The highest BCUT2D eigenvalue weighted by atomic mass is 35.5. The fraction of sp³-hybridized carbons (Fsp3) is 0.500. The fourth-order valence-electron chi connectivity index (χ4n) is 2.68. The molecule has 0 heterocycles. The largest absolute Gasteiger partial charge is 0.353 e. The van der Waals surface area contributed by atoms with Crippen molar-refractivity contribution in [3.8, 4) is 0 Å². The van der Waals surface area contributed by atoms with Gasteiger partial charge in [0.2, 0.25) is 11.8 Å². The molecule has 1 aliphatic rings. The Morgan fingerprint density at radius 1 is 0.955 bits per heavy atom. The van der Waals surface area contributed by atoms with E-state index < -0.39 is 0 Å². The van der Waals surface area contributed by atoms with Crippen molar-refractivity contribution in [3.05, 3.63) is 28.2 Å². The quantitative estimate of drug-likeness (QED) is 0.637. The van der Waals surface area contributed by atoms with E-state index in [1.165, 1.54) is 12.8 Å². The molecule has 22 heavy (non-hydrogen) atoms. The maximum Gasteiger partial charge on any atom is 0.233 e. The van der Waals surface area contributed by atoms with Crippen LogP contribution in [0.1, 0.15) is 44.9 Å². The number of nitrogens with one attached hydrogen (secondary N) is 2. The number of carbonyl (C=O) groups is 2. The van der Waals surface area contributed by atoms with Crippen LogP contribution in [0.4, 0.5) is 5.69 Å². The van der Waals surface area contributed by atoms with Crippen LogP contribution < -0.4 is 10.6 Å². The lowest BCUT2D eigenvalue weighted by Crippen LogP contribution is -2.36. The molecule has 1 saturated carbocycles. The Balaban J connectivity index is 1.81. The number of hydrogen-bond acceptors (Lipinski definition) is 2. The van der Waals surface area contributed by atoms with Crippen LogP contribution in [0.5, 0.6) is 0 Å². The minimum absolute atomic E-state index is 0.194. The molecule has 1 aliphatic carbocycles. The molecule has 2 amide bonds. The lowest BCUT2D eigenvalue weighted by atomic mass is 10.1. The van der Waals surface area contributed by atoms with E-state index in [-0.39, 0.29) is 24.3 Å². The van der Waals surface area contributed by atoms with Gasteiger partial charge in [0.25, 0.3) is 0 Å². The Bertz CT molecular complexity index is 521. The van der Waals surface area contributed by atoms with Gasteiger partial charge in [0, 0.05) is 21.8 Å². The average Bonchev–Trinajstić information content (AvgIpc) is 2.65. The maximum atomic E-state index is 11.9. The van der Waals surface area contributed by atoms with Crippen molar-refractivity contribution in [2.75, 3.05) is 5.32 Å². The molecule has 0 saturated heterocycles.